The second-order valence-electron chi connectivity index (χ2n) is 6.02. The lowest BCUT2D eigenvalue weighted by Gasteiger charge is -2.32. The highest BCUT2D eigenvalue weighted by Crippen LogP contribution is 2.29. The highest BCUT2D eigenvalue weighted by atomic mass is 16.5. The minimum atomic E-state index is -0.336. The summed E-state index contributed by atoms with van der Waals surface area (Å²) in [5.41, 5.74) is 0.523. The van der Waals surface area contributed by atoms with Gasteiger partial charge in [-0.25, -0.2) is 4.79 Å². The Morgan fingerprint density at radius 2 is 2.15 bits per heavy atom. The standard InChI is InChI=1S/C16H25NO3/c1-10-5-6-13(7-11(10)2)17-9-14-8-15(12(3)20-14)16(18)19-4/h8,10-11,13,17H,5-7,9H2,1-4H3. The van der Waals surface area contributed by atoms with Crippen LogP contribution in [0, 0.1) is 18.8 Å². The largest absolute Gasteiger partial charge is 0.465 e. The number of carbonyl (C=O) groups excluding carboxylic acids is 1. The minimum absolute atomic E-state index is 0.336. The first-order valence-corrected chi connectivity index (χ1v) is 7.42. The summed E-state index contributed by atoms with van der Waals surface area (Å²) in [6.45, 7) is 7.12. The summed E-state index contributed by atoms with van der Waals surface area (Å²) >= 11 is 0. The number of ether oxygens (including phenoxy) is 1. The highest BCUT2D eigenvalue weighted by Gasteiger charge is 2.24. The van der Waals surface area contributed by atoms with Gasteiger partial charge in [-0.05, 0) is 44.1 Å². The molecule has 1 heterocycles. The number of nitrogens with one attached hydrogen (secondary N) is 1. The quantitative estimate of drug-likeness (QED) is 0.859. The van der Waals surface area contributed by atoms with Crippen molar-refractivity contribution in [2.75, 3.05) is 7.11 Å². The van der Waals surface area contributed by atoms with Crippen molar-refractivity contribution in [3.8, 4) is 0 Å². The molecule has 3 atom stereocenters. The van der Waals surface area contributed by atoms with Gasteiger partial charge in [-0.1, -0.05) is 13.8 Å². The summed E-state index contributed by atoms with van der Waals surface area (Å²) < 4.78 is 10.3. The van der Waals surface area contributed by atoms with E-state index in [9.17, 15) is 4.79 Å². The molecule has 0 saturated heterocycles. The minimum Gasteiger partial charge on any atom is -0.465 e. The van der Waals surface area contributed by atoms with Crippen LogP contribution in [0.5, 0.6) is 0 Å². The van der Waals surface area contributed by atoms with E-state index < -0.39 is 0 Å². The zero-order chi connectivity index (χ0) is 14.7. The fourth-order valence-electron chi connectivity index (χ4n) is 2.92. The number of furan rings is 1. The molecule has 3 unspecified atom stereocenters. The Morgan fingerprint density at radius 1 is 1.40 bits per heavy atom. The van der Waals surface area contributed by atoms with Gasteiger partial charge in [-0.2, -0.15) is 0 Å². The molecule has 1 fully saturated rings. The lowest BCUT2D eigenvalue weighted by molar-refractivity contribution is 0.0599. The molecule has 0 bridgehead atoms. The van der Waals surface area contributed by atoms with E-state index >= 15 is 0 Å². The first kappa shape index (κ1) is 15.1. The summed E-state index contributed by atoms with van der Waals surface area (Å²) in [5.74, 6) is 2.68. The number of hydrogen-bond acceptors (Lipinski definition) is 4. The SMILES string of the molecule is COC(=O)c1cc(CNC2CCC(C)C(C)C2)oc1C. The average Bonchev–Trinajstić information content (AvgIpc) is 2.80. The molecule has 1 aliphatic rings. The normalized spacial score (nSPS) is 26.5. The highest BCUT2D eigenvalue weighted by molar-refractivity contribution is 5.90. The van der Waals surface area contributed by atoms with E-state index in [2.05, 4.69) is 19.2 Å². The molecular weight excluding hydrogens is 254 g/mol. The van der Waals surface area contributed by atoms with Crippen molar-refractivity contribution in [2.45, 2.75) is 52.6 Å². The van der Waals surface area contributed by atoms with Gasteiger partial charge in [-0.15, -0.1) is 0 Å². The van der Waals surface area contributed by atoms with Crippen LogP contribution in [0.3, 0.4) is 0 Å². The van der Waals surface area contributed by atoms with Crippen molar-refractivity contribution < 1.29 is 13.9 Å². The van der Waals surface area contributed by atoms with Crippen molar-refractivity contribution >= 4 is 5.97 Å². The van der Waals surface area contributed by atoms with Crippen LogP contribution in [-0.2, 0) is 11.3 Å². The van der Waals surface area contributed by atoms with Crippen LogP contribution in [0.1, 0.15) is 55.0 Å². The molecule has 0 aromatic carbocycles. The maximum absolute atomic E-state index is 11.5. The zero-order valence-electron chi connectivity index (χ0n) is 12.9. The first-order chi connectivity index (χ1) is 9.51. The molecule has 0 spiro atoms. The Kier molecular flexibility index (Phi) is 4.86. The molecule has 112 valence electrons. The topological polar surface area (TPSA) is 51.5 Å². The van der Waals surface area contributed by atoms with E-state index in [0.29, 0.717) is 23.9 Å². The maximum Gasteiger partial charge on any atom is 0.341 e. The molecule has 2 rings (SSSR count). The molecule has 4 heteroatoms. The molecule has 4 nitrogen and oxygen atoms in total. The lowest BCUT2D eigenvalue weighted by Crippen LogP contribution is -2.35. The number of aryl methyl sites for hydroxylation is 1. The molecule has 1 saturated carbocycles. The third-order valence-corrected chi connectivity index (χ3v) is 4.54. The van der Waals surface area contributed by atoms with Gasteiger partial charge in [0.15, 0.2) is 0 Å². The first-order valence-electron chi connectivity index (χ1n) is 7.42. The van der Waals surface area contributed by atoms with Crippen molar-refractivity contribution in [2.24, 2.45) is 11.8 Å². The fraction of sp³-hybridized carbons (Fsp3) is 0.688. The molecule has 0 radical (unpaired) electrons. The van der Waals surface area contributed by atoms with Crippen molar-refractivity contribution in [3.05, 3.63) is 23.2 Å². The van der Waals surface area contributed by atoms with E-state index in [0.717, 1.165) is 17.6 Å². The number of rotatable bonds is 4. The van der Waals surface area contributed by atoms with E-state index in [4.69, 9.17) is 9.15 Å². The summed E-state index contributed by atoms with van der Waals surface area (Å²) in [4.78, 5) is 11.5. The second kappa shape index (κ2) is 6.44. The molecule has 0 amide bonds. The molecule has 1 aromatic heterocycles. The fourth-order valence-corrected chi connectivity index (χ4v) is 2.92. The van der Waals surface area contributed by atoms with Crippen LogP contribution < -0.4 is 5.32 Å². The van der Waals surface area contributed by atoms with Crippen LogP contribution in [0.2, 0.25) is 0 Å². The Labute approximate surface area is 120 Å². The number of methoxy groups -OCH3 is 1. The summed E-state index contributed by atoms with van der Waals surface area (Å²) in [6.07, 6.45) is 3.71. The van der Waals surface area contributed by atoms with Gasteiger partial charge in [0.1, 0.15) is 17.1 Å². The van der Waals surface area contributed by atoms with Crippen LogP contribution >= 0.6 is 0 Å². The van der Waals surface area contributed by atoms with Crippen molar-refractivity contribution in [3.63, 3.8) is 0 Å². The van der Waals surface area contributed by atoms with E-state index in [-0.39, 0.29) is 5.97 Å². The zero-order valence-corrected chi connectivity index (χ0v) is 12.9. The van der Waals surface area contributed by atoms with Crippen LogP contribution in [-0.4, -0.2) is 19.1 Å². The molecule has 1 aliphatic carbocycles. The van der Waals surface area contributed by atoms with Gasteiger partial charge in [0, 0.05) is 6.04 Å². The van der Waals surface area contributed by atoms with Crippen LogP contribution in [0.25, 0.3) is 0 Å². The molecule has 1 aromatic rings. The van der Waals surface area contributed by atoms with Crippen LogP contribution in [0.15, 0.2) is 10.5 Å². The Morgan fingerprint density at radius 3 is 2.80 bits per heavy atom. The van der Waals surface area contributed by atoms with Gasteiger partial charge < -0.3 is 14.5 Å². The number of carbonyl (C=O) groups is 1. The Hall–Kier alpha value is -1.29. The summed E-state index contributed by atoms with van der Waals surface area (Å²) in [6, 6.07) is 2.33. The van der Waals surface area contributed by atoms with Crippen molar-refractivity contribution in [1.82, 2.24) is 5.32 Å². The Balaban J connectivity index is 1.90. The van der Waals surface area contributed by atoms with E-state index in [1.807, 2.05) is 0 Å². The third kappa shape index (κ3) is 3.42. The smallest absolute Gasteiger partial charge is 0.341 e. The predicted molar refractivity (Wildman–Crippen MR) is 77.6 cm³/mol. The predicted octanol–water partition coefficient (Wildman–Crippen LogP) is 3.29. The van der Waals surface area contributed by atoms with Gasteiger partial charge in [0.2, 0.25) is 0 Å². The monoisotopic (exact) mass is 279 g/mol. The number of esters is 1. The van der Waals surface area contributed by atoms with Crippen LogP contribution in [0.4, 0.5) is 0 Å². The summed E-state index contributed by atoms with van der Waals surface area (Å²) in [7, 11) is 1.39. The van der Waals surface area contributed by atoms with Gasteiger partial charge >= 0.3 is 5.97 Å². The Bertz CT molecular complexity index is 466. The summed E-state index contributed by atoms with van der Waals surface area (Å²) in [5, 5.41) is 3.54. The average molecular weight is 279 g/mol. The molecule has 0 aliphatic heterocycles. The third-order valence-electron chi connectivity index (χ3n) is 4.54. The maximum atomic E-state index is 11.5. The van der Waals surface area contributed by atoms with E-state index in [1.165, 1.54) is 26.4 Å². The van der Waals surface area contributed by atoms with Gasteiger partial charge in [0.05, 0.1) is 13.7 Å². The van der Waals surface area contributed by atoms with E-state index in [1.54, 1.807) is 13.0 Å². The van der Waals surface area contributed by atoms with Crippen molar-refractivity contribution in [1.29, 1.82) is 0 Å². The molecule has 20 heavy (non-hydrogen) atoms. The van der Waals surface area contributed by atoms with Gasteiger partial charge in [0.25, 0.3) is 0 Å². The number of hydrogen-bond donors (Lipinski definition) is 1. The lowest BCUT2D eigenvalue weighted by atomic mass is 9.79. The second-order valence-corrected chi connectivity index (χ2v) is 6.02. The molecule has 1 N–H and O–H groups in total. The van der Waals surface area contributed by atoms with Gasteiger partial charge in [-0.3, -0.25) is 0 Å². The molecular formula is C16H25NO3.